The Morgan fingerprint density at radius 1 is 1.20 bits per heavy atom. The molecule has 3 rings (SSSR count). The Morgan fingerprint density at radius 2 is 2.00 bits per heavy atom. The van der Waals surface area contributed by atoms with Crippen LogP contribution in [0.3, 0.4) is 0 Å². The highest BCUT2D eigenvalue weighted by molar-refractivity contribution is 9.10. The van der Waals surface area contributed by atoms with E-state index in [1.165, 1.54) is 0 Å². The van der Waals surface area contributed by atoms with Gasteiger partial charge in [0.15, 0.2) is 0 Å². The zero-order valence-electron chi connectivity index (χ0n) is 10.2. The van der Waals surface area contributed by atoms with Crippen LogP contribution in [0.4, 0.5) is 11.5 Å². The first-order valence-corrected chi connectivity index (χ1v) is 8.05. The monoisotopic (exact) mass is 387 g/mol. The van der Waals surface area contributed by atoms with Gasteiger partial charge in [0.05, 0.1) is 10.4 Å². The lowest BCUT2D eigenvalue weighted by molar-refractivity contribution is 1.23. The highest BCUT2D eigenvalue weighted by Crippen LogP contribution is 2.32. The number of rotatable bonds is 2. The molecule has 1 N–H and O–H groups in total. The third kappa shape index (κ3) is 2.76. The van der Waals surface area contributed by atoms with E-state index in [-0.39, 0.29) is 5.28 Å². The third-order valence-corrected chi connectivity index (χ3v) is 5.00. The van der Waals surface area contributed by atoms with Crippen molar-refractivity contribution in [2.75, 3.05) is 5.32 Å². The van der Waals surface area contributed by atoms with Crippen molar-refractivity contribution in [2.24, 2.45) is 0 Å². The van der Waals surface area contributed by atoms with E-state index in [0.29, 0.717) is 10.8 Å². The SMILES string of the molecule is Cc1cc2c(Nc3ccc(Cl)c(Br)c3)nc(Cl)nc2s1. The molecule has 0 spiro atoms. The molecule has 3 aromatic rings. The Kier molecular flexibility index (Phi) is 3.86. The van der Waals surface area contributed by atoms with E-state index in [9.17, 15) is 0 Å². The quantitative estimate of drug-likeness (QED) is 0.562. The Labute approximate surface area is 138 Å². The summed E-state index contributed by atoms with van der Waals surface area (Å²) in [4.78, 5) is 10.5. The minimum atomic E-state index is 0.231. The molecule has 3 nitrogen and oxygen atoms in total. The van der Waals surface area contributed by atoms with Crippen LogP contribution < -0.4 is 5.32 Å². The molecule has 1 aromatic carbocycles. The number of benzene rings is 1. The Balaban J connectivity index is 2.07. The molecule has 0 bridgehead atoms. The number of aryl methyl sites for hydroxylation is 1. The number of nitrogens with one attached hydrogen (secondary N) is 1. The van der Waals surface area contributed by atoms with Gasteiger partial charge in [-0.05, 0) is 58.7 Å². The Hall–Kier alpha value is -0.880. The maximum atomic E-state index is 5.99. The fourth-order valence-corrected chi connectivity index (χ4v) is 3.42. The van der Waals surface area contributed by atoms with Gasteiger partial charge in [0.25, 0.3) is 0 Å². The van der Waals surface area contributed by atoms with Crippen LogP contribution in [0.5, 0.6) is 0 Å². The molecule has 20 heavy (non-hydrogen) atoms. The van der Waals surface area contributed by atoms with Crippen LogP contribution in [0.15, 0.2) is 28.7 Å². The van der Waals surface area contributed by atoms with Gasteiger partial charge in [-0.1, -0.05) is 11.6 Å². The minimum absolute atomic E-state index is 0.231. The van der Waals surface area contributed by atoms with Crippen molar-refractivity contribution < 1.29 is 0 Å². The topological polar surface area (TPSA) is 37.8 Å². The normalized spacial score (nSPS) is 11.0. The number of anilines is 2. The molecule has 0 aliphatic carbocycles. The number of nitrogens with zero attached hydrogens (tertiary/aromatic N) is 2. The van der Waals surface area contributed by atoms with Crippen LogP contribution in [0.1, 0.15) is 4.88 Å². The highest BCUT2D eigenvalue weighted by atomic mass is 79.9. The third-order valence-electron chi connectivity index (χ3n) is 2.67. The fourth-order valence-electron chi connectivity index (χ4n) is 1.82. The summed E-state index contributed by atoms with van der Waals surface area (Å²) in [7, 11) is 0. The van der Waals surface area contributed by atoms with E-state index in [1.54, 1.807) is 11.3 Å². The van der Waals surface area contributed by atoms with Gasteiger partial charge in [-0.15, -0.1) is 11.3 Å². The van der Waals surface area contributed by atoms with Gasteiger partial charge in [0, 0.05) is 15.0 Å². The lowest BCUT2D eigenvalue weighted by Gasteiger charge is -2.08. The number of thiophene rings is 1. The van der Waals surface area contributed by atoms with Crippen molar-refractivity contribution in [3.63, 3.8) is 0 Å². The first-order valence-electron chi connectivity index (χ1n) is 5.69. The van der Waals surface area contributed by atoms with Crippen molar-refractivity contribution in [3.8, 4) is 0 Å². The molecular weight excluding hydrogens is 381 g/mol. The molecule has 102 valence electrons. The molecule has 0 fully saturated rings. The van der Waals surface area contributed by atoms with Crippen molar-refractivity contribution >= 4 is 72.2 Å². The first-order chi connectivity index (χ1) is 9.52. The standard InChI is InChI=1S/C13H8BrCl2N3S/c1-6-4-8-11(18-13(16)19-12(8)20-6)17-7-2-3-10(15)9(14)5-7/h2-5H,1H3,(H,17,18,19). The molecular formula is C13H8BrCl2N3S. The molecule has 0 saturated carbocycles. The smallest absolute Gasteiger partial charge is 0.225 e. The summed E-state index contributed by atoms with van der Waals surface area (Å²) in [5, 5.41) is 5.10. The van der Waals surface area contributed by atoms with E-state index in [4.69, 9.17) is 23.2 Å². The Morgan fingerprint density at radius 3 is 2.75 bits per heavy atom. The molecule has 0 aliphatic rings. The summed E-state index contributed by atoms with van der Waals surface area (Å²) in [6.45, 7) is 2.03. The zero-order valence-corrected chi connectivity index (χ0v) is 14.2. The van der Waals surface area contributed by atoms with E-state index in [1.807, 2.05) is 31.2 Å². The summed E-state index contributed by atoms with van der Waals surface area (Å²) in [5.74, 6) is 0.693. The second-order valence-corrected chi connectivity index (χ2v) is 7.01. The maximum Gasteiger partial charge on any atom is 0.225 e. The number of hydrogen-bond acceptors (Lipinski definition) is 4. The van der Waals surface area contributed by atoms with Crippen LogP contribution in [-0.2, 0) is 0 Å². The van der Waals surface area contributed by atoms with Crippen LogP contribution in [-0.4, -0.2) is 9.97 Å². The fraction of sp³-hybridized carbons (Fsp3) is 0.0769. The summed E-state index contributed by atoms with van der Waals surface area (Å²) in [6, 6.07) is 7.63. The number of halogens is 3. The number of hydrogen-bond donors (Lipinski definition) is 1. The van der Waals surface area contributed by atoms with Gasteiger partial charge in [-0.2, -0.15) is 4.98 Å². The highest BCUT2D eigenvalue weighted by Gasteiger charge is 2.10. The van der Waals surface area contributed by atoms with Crippen molar-refractivity contribution in [3.05, 3.63) is 43.9 Å². The number of aromatic nitrogens is 2. The molecule has 0 amide bonds. The van der Waals surface area contributed by atoms with Crippen LogP contribution in [0, 0.1) is 6.92 Å². The van der Waals surface area contributed by atoms with Gasteiger partial charge in [0.2, 0.25) is 5.28 Å². The van der Waals surface area contributed by atoms with Crippen molar-refractivity contribution in [2.45, 2.75) is 6.92 Å². The Bertz CT molecular complexity index is 804. The van der Waals surface area contributed by atoms with Crippen LogP contribution in [0.25, 0.3) is 10.2 Å². The molecule has 0 saturated heterocycles. The first kappa shape index (κ1) is 14.1. The number of fused-ring (bicyclic) bond motifs is 1. The molecule has 0 unspecified atom stereocenters. The maximum absolute atomic E-state index is 5.99. The van der Waals surface area contributed by atoms with E-state index < -0.39 is 0 Å². The predicted molar refractivity (Wildman–Crippen MR) is 89.6 cm³/mol. The van der Waals surface area contributed by atoms with Gasteiger partial charge in [0.1, 0.15) is 10.6 Å². The largest absolute Gasteiger partial charge is 0.340 e. The van der Waals surface area contributed by atoms with E-state index in [0.717, 1.165) is 25.3 Å². The predicted octanol–water partition coefficient (Wildman–Crippen LogP) is 5.81. The molecule has 2 aromatic heterocycles. The van der Waals surface area contributed by atoms with Gasteiger partial charge in [-0.3, -0.25) is 0 Å². The van der Waals surface area contributed by atoms with Gasteiger partial charge >= 0.3 is 0 Å². The average Bonchev–Trinajstić information content (AvgIpc) is 2.74. The van der Waals surface area contributed by atoms with Crippen LogP contribution in [0.2, 0.25) is 10.3 Å². The minimum Gasteiger partial charge on any atom is -0.340 e. The molecule has 0 radical (unpaired) electrons. The van der Waals surface area contributed by atoms with Crippen molar-refractivity contribution in [1.29, 1.82) is 0 Å². The average molecular weight is 389 g/mol. The van der Waals surface area contributed by atoms with Gasteiger partial charge in [-0.25, -0.2) is 4.98 Å². The molecule has 0 aliphatic heterocycles. The summed E-state index contributed by atoms with van der Waals surface area (Å²) in [5.41, 5.74) is 0.876. The zero-order chi connectivity index (χ0) is 14.3. The van der Waals surface area contributed by atoms with Gasteiger partial charge < -0.3 is 5.32 Å². The second-order valence-electron chi connectivity index (χ2n) is 4.17. The van der Waals surface area contributed by atoms with E-state index in [2.05, 4.69) is 31.2 Å². The summed E-state index contributed by atoms with van der Waals surface area (Å²) in [6.07, 6.45) is 0. The molecule has 2 heterocycles. The summed E-state index contributed by atoms with van der Waals surface area (Å²) < 4.78 is 0.821. The molecule has 7 heteroatoms. The second kappa shape index (κ2) is 5.48. The molecule has 0 atom stereocenters. The summed E-state index contributed by atoms with van der Waals surface area (Å²) >= 11 is 16.9. The van der Waals surface area contributed by atoms with Crippen molar-refractivity contribution in [1.82, 2.24) is 9.97 Å². The lowest BCUT2D eigenvalue weighted by atomic mass is 10.3. The van der Waals surface area contributed by atoms with Crippen LogP contribution >= 0.6 is 50.5 Å². The lowest BCUT2D eigenvalue weighted by Crippen LogP contribution is -1.95. The van der Waals surface area contributed by atoms with E-state index >= 15 is 0 Å².